The molecule has 1 saturated heterocycles. The van der Waals surface area contributed by atoms with Gasteiger partial charge in [-0.25, -0.2) is 0 Å². The van der Waals surface area contributed by atoms with Gasteiger partial charge in [-0.2, -0.15) is 0 Å². The lowest BCUT2D eigenvalue weighted by Gasteiger charge is -2.29. The van der Waals surface area contributed by atoms with Crippen molar-refractivity contribution < 1.29 is 4.74 Å². The molecule has 2 aliphatic heterocycles. The first kappa shape index (κ1) is 14.6. The molecule has 4 heteroatoms. The molecule has 19 heavy (non-hydrogen) atoms. The van der Waals surface area contributed by atoms with Crippen LogP contribution in [0.15, 0.2) is 18.2 Å². The number of hydrogen-bond donors (Lipinski definition) is 1. The molecule has 1 aromatic rings. The Balaban J connectivity index is 0.00000133. The minimum absolute atomic E-state index is 0. The summed E-state index contributed by atoms with van der Waals surface area (Å²) in [5, 5.41) is 3.40. The van der Waals surface area contributed by atoms with E-state index in [-0.39, 0.29) is 12.4 Å². The van der Waals surface area contributed by atoms with Gasteiger partial charge in [0.15, 0.2) is 0 Å². The zero-order valence-corrected chi connectivity index (χ0v) is 12.3. The summed E-state index contributed by atoms with van der Waals surface area (Å²) >= 11 is 0. The van der Waals surface area contributed by atoms with Crippen molar-refractivity contribution in [2.45, 2.75) is 31.9 Å². The summed E-state index contributed by atoms with van der Waals surface area (Å²) in [5.74, 6) is 1.06. The number of likely N-dealkylation sites (tertiary alicyclic amines) is 1. The van der Waals surface area contributed by atoms with Gasteiger partial charge >= 0.3 is 0 Å². The molecule has 0 aromatic heterocycles. The van der Waals surface area contributed by atoms with Crippen molar-refractivity contribution in [3.05, 3.63) is 29.3 Å². The van der Waals surface area contributed by atoms with Crippen LogP contribution in [-0.4, -0.2) is 37.7 Å². The molecule has 106 valence electrons. The molecule has 1 fully saturated rings. The molecule has 0 spiro atoms. The Labute approximate surface area is 121 Å². The van der Waals surface area contributed by atoms with Gasteiger partial charge in [-0.3, -0.25) is 0 Å². The molecule has 0 amide bonds. The Morgan fingerprint density at radius 3 is 2.79 bits per heavy atom. The molecule has 2 aliphatic rings. The maximum atomic E-state index is 6.12. The van der Waals surface area contributed by atoms with Crippen molar-refractivity contribution in [2.24, 2.45) is 0 Å². The van der Waals surface area contributed by atoms with Gasteiger partial charge < -0.3 is 15.0 Å². The minimum atomic E-state index is 0. The van der Waals surface area contributed by atoms with Crippen LogP contribution in [0, 0.1) is 0 Å². The largest absolute Gasteiger partial charge is 0.490 e. The normalized spacial score (nSPS) is 20.5. The van der Waals surface area contributed by atoms with Crippen LogP contribution < -0.4 is 10.1 Å². The van der Waals surface area contributed by atoms with Crippen LogP contribution in [0.3, 0.4) is 0 Å². The number of nitrogens with zero attached hydrogens (tertiary/aromatic N) is 1. The molecular weight excluding hydrogens is 260 g/mol. The van der Waals surface area contributed by atoms with E-state index in [2.05, 4.69) is 35.5 Å². The second-order valence-corrected chi connectivity index (χ2v) is 5.48. The van der Waals surface area contributed by atoms with E-state index in [4.69, 9.17) is 4.74 Å². The van der Waals surface area contributed by atoms with E-state index in [0.717, 1.165) is 51.2 Å². The van der Waals surface area contributed by atoms with Gasteiger partial charge in [0.05, 0.1) is 0 Å². The second kappa shape index (κ2) is 6.60. The van der Waals surface area contributed by atoms with Crippen LogP contribution in [0.1, 0.15) is 24.0 Å². The predicted octanol–water partition coefficient (Wildman–Crippen LogP) is 2.23. The lowest BCUT2D eigenvalue weighted by Crippen LogP contribution is -2.35. The molecule has 0 unspecified atom stereocenters. The highest BCUT2D eigenvalue weighted by atomic mass is 35.5. The smallest absolute Gasteiger partial charge is 0.120 e. The highest BCUT2D eigenvalue weighted by molar-refractivity contribution is 5.85. The van der Waals surface area contributed by atoms with E-state index in [0.29, 0.717) is 6.10 Å². The summed E-state index contributed by atoms with van der Waals surface area (Å²) in [4.78, 5) is 2.37. The van der Waals surface area contributed by atoms with Crippen LogP contribution in [0.4, 0.5) is 0 Å². The summed E-state index contributed by atoms with van der Waals surface area (Å²) in [5.41, 5.74) is 2.89. The molecule has 1 N–H and O–H groups in total. The van der Waals surface area contributed by atoms with Gasteiger partial charge in [0.1, 0.15) is 11.9 Å². The Morgan fingerprint density at radius 2 is 2.00 bits per heavy atom. The minimum Gasteiger partial charge on any atom is -0.490 e. The first-order chi connectivity index (χ1) is 8.81. The summed E-state index contributed by atoms with van der Waals surface area (Å²) in [7, 11) is 2.18. The first-order valence-corrected chi connectivity index (χ1v) is 6.99. The summed E-state index contributed by atoms with van der Waals surface area (Å²) in [6.45, 7) is 4.40. The fourth-order valence-corrected chi connectivity index (χ4v) is 2.82. The van der Waals surface area contributed by atoms with Crippen molar-refractivity contribution in [1.29, 1.82) is 0 Å². The number of nitrogens with one attached hydrogen (secondary N) is 1. The molecule has 3 rings (SSSR count). The predicted molar refractivity (Wildman–Crippen MR) is 80.2 cm³/mol. The van der Waals surface area contributed by atoms with Crippen molar-refractivity contribution in [3.63, 3.8) is 0 Å². The molecule has 0 aliphatic carbocycles. The number of piperidine rings is 1. The highest BCUT2D eigenvalue weighted by Gasteiger charge is 2.18. The average Bonchev–Trinajstić information content (AvgIpc) is 2.41. The number of rotatable bonds is 2. The molecule has 2 heterocycles. The maximum absolute atomic E-state index is 6.12. The Hall–Kier alpha value is -0.770. The van der Waals surface area contributed by atoms with Gasteiger partial charge in [-0.1, -0.05) is 6.07 Å². The molecule has 3 nitrogen and oxygen atoms in total. The van der Waals surface area contributed by atoms with Crippen LogP contribution in [0.25, 0.3) is 0 Å². The highest BCUT2D eigenvalue weighted by Crippen LogP contribution is 2.23. The van der Waals surface area contributed by atoms with E-state index >= 15 is 0 Å². The maximum Gasteiger partial charge on any atom is 0.120 e. The quantitative estimate of drug-likeness (QED) is 0.900. The van der Waals surface area contributed by atoms with Crippen LogP contribution >= 0.6 is 12.4 Å². The van der Waals surface area contributed by atoms with Crippen LogP contribution in [0.5, 0.6) is 5.75 Å². The van der Waals surface area contributed by atoms with Crippen molar-refractivity contribution >= 4 is 12.4 Å². The fraction of sp³-hybridized carbons (Fsp3) is 0.600. The van der Waals surface area contributed by atoms with Crippen LogP contribution in [-0.2, 0) is 13.0 Å². The topological polar surface area (TPSA) is 24.5 Å². The van der Waals surface area contributed by atoms with Gasteiger partial charge in [-0.15, -0.1) is 12.4 Å². The third-order valence-electron chi connectivity index (χ3n) is 4.03. The van der Waals surface area contributed by atoms with Gasteiger partial charge in [-0.05, 0) is 56.1 Å². The van der Waals surface area contributed by atoms with Gasteiger partial charge in [0, 0.05) is 19.6 Å². The number of ether oxygens (including phenoxy) is 1. The number of benzene rings is 1. The van der Waals surface area contributed by atoms with E-state index in [1.807, 2.05) is 0 Å². The van der Waals surface area contributed by atoms with Crippen molar-refractivity contribution in [3.8, 4) is 5.75 Å². The molecular formula is C15H23ClN2O. The Bertz CT molecular complexity index is 417. The SMILES string of the molecule is CN1CCC(Oc2ccc3c(c2)CCNC3)CC1.Cl. The fourth-order valence-electron chi connectivity index (χ4n) is 2.82. The molecule has 0 atom stereocenters. The second-order valence-electron chi connectivity index (χ2n) is 5.48. The van der Waals surface area contributed by atoms with Gasteiger partial charge in [0.25, 0.3) is 0 Å². The first-order valence-electron chi connectivity index (χ1n) is 6.99. The lowest BCUT2D eigenvalue weighted by molar-refractivity contribution is 0.114. The standard InChI is InChI=1S/C15H22N2O.ClH/c1-17-8-5-14(6-9-17)18-15-3-2-13-11-16-7-4-12(13)10-15;/h2-3,10,14,16H,4-9,11H2,1H3;1H. The van der Waals surface area contributed by atoms with E-state index in [9.17, 15) is 0 Å². The Kier molecular flexibility index (Phi) is 5.08. The summed E-state index contributed by atoms with van der Waals surface area (Å²) < 4.78 is 6.12. The third-order valence-corrected chi connectivity index (χ3v) is 4.03. The molecule has 0 radical (unpaired) electrons. The van der Waals surface area contributed by atoms with Crippen LogP contribution in [0.2, 0.25) is 0 Å². The monoisotopic (exact) mass is 282 g/mol. The average molecular weight is 283 g/mol. The summed E-state index contributed by atoms with van der Waals surface area (Å²) in [6.07, 6.45) is 3.82. The summed E-state index contributed by atoms with van der Waals surface area (Å²) in [6, 6.07) is 6.59. The third kappa shape index (κ3) is 3.62. The van der Waals surface area contributed by atoms with E-state index in [1.165, 1.54) is 11.1 Å². The number of hydrogen-bond acceptors (Lipinski definition) is 3. The van der Waals surface area contributed by atoms with E-state index in [1.54, 1.807) is 0 Å². The van der Waals surface area contributed by atoms with E-state index < -0.39 is 0 Å². The number of halogens is 1. The zero-order chi connectivity index (χ0) is 12.4. The number of fused-ring (bicyclic) bond motifs is 1. The lowest BCUT2D eigenvalue weighted by atomic mass is 10.0. The molecule has 0 saturated carbocycles. The Morgan fingerprint density at radius 1 is 1.21 bits per heavy atom. The molecule has 1 aromatic carbocycles. The molecule has 0 bridgehead atoms. The van der Waals surface area contributed by atoms with Crippen molar-refractivity contribution in [2.75, 3.05) is 26.7 Å². The van der Waals surface area contributed by atoms with Gasteiger partial charge in [0.2, 0.25) is 0 Å². The van der Waals surface area contributed by atoms with Crippen molar-refractivity contribution in [1.82, 2.24) is 10.2 Å². The zero-order valence-electron chi connectivity index (χ0n) is 11.5.